The summed E-state index contributed by atoms with van der Waals surface area (Å²) in [6, 6.07) is -0.494. The lowest BCUT2D eigenvalue weighted by Gasteiger charge is -2.57. The van der Waals surface area contributed by atoms with Crippen molar-refractivity contribution in [2.24, 2.45) is 17.8 Å². The first-order valence-electron chi connectivity index (χ1n) is 9.13. The molecule has 1 N–H and O–H groups in total. The summed E-state index contributed by atoms with van der Waals surface area (Å²) in [7, 11) is -3.31. The number of piperidine rings is 1. The number of carbonyl (C=O) groups excluding carboxylic acids is 1. The molecule has 6 heteroatoms. The van der Waals surface area contributed by atoms with Gasteiger partial charge < -0.3 is 5.32 Å². The maximum Gasteiger partial charge on any atom is 0.238 e. The smallest absolute Gasteiger partial charge is 0.238 e. The van der Waals surface area contributed by atoms with Crippen LogP contribution in [-0.4, -0.2) is 43.0 Å². The van der Waals surface area contributed by atoms with E-state index in [1.165, 1.54) is 29.8 Å². The van der Waals surface area contributed by atoms with Gasteiger partial charge in [-0.3, -0.25) is 4.79 Å². The average Bonchev–Trinajstić information content (AvgIpc) is 2.44. The number of hydrogen-bond acceptors (Lipinski definition) is 3. The number of hydrogen-bond donors (Lipinski definition) is 1. The van der Waals surface area contributed by atoms with Crippen molar-refractivity contribution in [2.45, 2.75) is 69.4 Å². The number of nitrogens with one attached hydrogen (secondary N) is 1. The van der Waals surface area contributed by atoms with Crippen LogP contribution in [-0.2, 0) is 14.8 Å². The summed E-state index contributed by atoms with van der Waals surface area (Å²) in [5.41, 5.74) is -0.0353. The molecule has 23 heavy (non-hydrogen) atoms. The molecule has 1 aliphatic heterocycles. The Morgan fingerprint density at radius 3 is 2.13 bits per heavy atom. The molecule has 1 atom stereocenters. The second kappa shape index (κ2) is 5.45. The highest BCUT2D eigenvalue weighted by Crippen LogP contribution is 2.55. The Bertz CT molecular complexity index is 566. The first-order valence-corrected chi connectivity index (χ1v) is 11.0. The Kier molecular flexibility index (Phi) is 3.76. The second-order valence-electron chi connectivity index (χ2n) is 8.57. The van der Waals surface area contributed by atoms with Gasteiger partial charge in [0.2, 0.25) is 15.9 Å². The van der Waals surface area contributed by atoms with Crippen molar-refractivity contribution in [3.63, 3.8) is 0 Å². The van der Waals surface area contributed by atoms with Gasteiger partial charge in [-0.2, -0.15) is 4.31 Å². The molecule has 1 heterocycles. The summed E-state index contributed by atoms with van der Waals surface area (Å²) in [6.07, 6.45) is 11.0. The molecular weight excluding hydrogens is 312 g/mol. The van der Waals surface area contributed by atoms with Crippen molar-refractivity contribution in [1.82, 2.24) is 9.62 Å². The summed E-state index contributed by atoms with van der Waals surface area (Å²) in [6.45, 7) is 0.484. The largest absolute Gasteiger partial charge is 0.349 e. The minimum absolute atomic E-state index is 0.0353. The quantitative estimate of drug-likeness (QED) is 0.853. The van der Waals surface area contributed by atoms with E-state index in [0.29, 0.717) is 13.0 Å². The Hall–Kier alpha value is -0.620. The summed E-state index contributed by atoms with van der Waals surface area (Å²) >= 11 is 0. The number of rotatable bonds is 3. The lowest BCUT2D eigenvalue weighted by Crippen LogP contribution is -2.63. The molecule has 4 saturated carbocycles. The van der Waals surface area contributed by atoms with Gasteiger partial charge in [0.05, 0.1) is 6.26 Å². The minimum atomic E-state index is -3.31. The van der Waals surface area contributed by atoms with Gasteiger partial charge in [-0.25, -0.2) is 8.42 Å². The molecular formula is C17H28N2O3S. The van der Waals surface area contributed by atoms with E-state index < -0.39 is 16.1 Å². The highest BCUT2D eigenvalue weighted by Gasteiger charge is 2.52. The molecule has 5 rings (SSSR count). The summed E-state index contributed by atoms with van der Waals surface area (Å²) in [5, 5.41) is 3.35. The number of amides is 1. The zero-order valence-corrected chi connectivity index (χ0v) is 14.8. The number of carbonyl (C=O) groups is 1. The molecule has 0 spiro atoms. The SMILES string of the molecule is CS(=O)(=O)N1CCCC[C@H]1C(=O)NC12CC3CC(CC(C3)C1)C2. The highest BCUT2D eigenvalue weighted by molar-refractivity contribution is 7.88. The van der Waals surface area contributed by atoms with Gasteiger partial charge in [-0.05, 0) is 69.1 Å². The lowest BCUT2D eigenvalue weighted by molar-refractivity contribution is -0.131. The van der Waals surface area contributed by atoms with Crippen LogP contribution in [0.25, 0.3) is 0 Å². The van der Waals surface area contributed by atoms with E-state index in [1.54, 1.807) is 0 Å². The van der Waals surface area contributed by atoms with E-state index in [4.69, 9.17) is 0 Å². The number of sulfonamides is 1. The van der Waals surface area contributed by atoms with E-state index in [1.807, 2.05) is 0 Å². The first kappa shape index (κ1) is 15.9. The lowest BCUT2D eigenvalue weighted by atomic mass is 9.53. The third-order valence-electron chi connectivity index (χ3n) is 6.61. The van der Waals surface area contributed by atoms with Crippen molar-refractivity contribution in [1.29, 1.82) is 0 Å². The van der Waals surface area contributed by atoms with E-state index in [-0.39, 0.29) is 11.4 Å². The Morgan fingerprint density at radius 2 is 1.61 bits per heavy atom. The first-order chi connectivity index (χ1) is 10.8. The van der Waals surface area contributed by atoms with Crippen molar-refractivity contribution in [3.8, 4) is 0 Å². The monoisotopic (exact) mass is 340 g/mol. The van der Waals surface area contributed by atoms with Gasteiger partial charge in [-0.15, -0.1) is 0 Å². The molecule has 130 valence electrons. The van der Waals surface area contributed by atoms with Crippen LogP contribution in [0.2, 0.25) is 0 Å². The highest BCUT2D eigenvalue weighted by atomic mass is 32.2. The molecule has 4 bridgehead atoms. The van der Waals surface area contributed by atoms with Crippen LogP contribution in [0.4, 0.5) is 0 Å². The Balaban J connectivity index is 1.51. The standard InChI is InChI=1S/C17H28N2O3S/c1-23(21,22)19-5-3-2-4-15(19)16(20)18-17-9-12-6-13(10-17)8-14(7-12)11-17/h12-15H,2-11H2,1H3,(H,18,20)/t12?,13?,14?,15-,17?/m0/s1. The third-order valence-corrected chi connectivity index (χ3v) is 7.90. The van der Waals surface area contributed by atoms with Crippen LogP contribution in [0.3, 0.4) is 0 Å². The van der Waals surface area contributed by atoms with Gasteiger partial charge in [-0.1, -0.05) is 6.42 Å². The van der Waals surface area contributed by atoms with Crippen molar-refractivity contribution in [3.05, 3.63) is 0 Å². The molecule has 0 radical (unpaired) electrons. The molecule has 0 aromatic heterocycles. The molecule has 1 amide bonds. The van der Waals surface area contributed by atoms with Gasteiger partial charge in [0.1, 0.15) is 6.04 Å². The Morgan fingerprint density at radius 1 is 1.04 bits per heavy atom. The summed E-state index contributed by atoms with van der Waals surface area (Å²) in [5.74, 6) is 2.29. The second-order valence-corrected chi connectivity index (χ2v) is 10.5. The molecule has 5 nitrogen and oxygen atoms in total. The minimum Gasteiger partial charge on any atom is -0.349 e. The van der Waals surface area contributed by atoms with Crippen LogP contribution in [0, 0.1) is 17.8 Å². The fraction of sp³-hybridized carbons (Fsp3) is 0.941. The van der Waals surface area contributed by atoms with E-state index >= 15 is 0 Å². The van der Waals surface area contributed by atoms with E-state index in [9.17, 15) is 13.2 Å². The molecule has 5 aliphatic rings. The molecule has 0 unspecified atom stereocenters. The Labute approximate surface area is 139 Å². The fourth-order valence-electron chi connectivity index (χ4n) is 6.17. The topological polar surface area (TPSA) is 66.5 Å². The molecule has 0 aromatic rings. The molecule has 4 aliphatic carbocycles. The van der Waals surface area contributed by atoms with Gasteiger partial charge in [0, 0.05) is 12.1 Å². The van der Waals surface area contributed by atoms with E-state index in [0.717, 1.165) is 49.9 Å². The van der Waals surface area contributed by atoms with Crippen molar-refractivity contribution in [2.75, 3.05) is 12.8 Å². The van der Waals surface area contributed by atoms with E-state index in [2.05, 4.69) is 5.32 Å². The number of nitrogens with zero attached hydrogens (tertiary/aromatic N) is 1. The van der Waals surface area contributed by atoms with Gasteiger partial charge in [0.15, 0.2) is 0 Å². The molecule has 0 aromatic carbocycles. The summed E-state index contributed by atoms with van der Waals surface area (Å²) < 4.78 is 25.4. The van der Waals surface area contributed by atoms with Crippen LogP contribution in [0.1, 0.15) is 57.8 Å². The van der Waals surface area contributed by atoms with Crippen molar-refractivity contribution >= 4 is 15.9 Å². The van der Waals surface area contributed by atoms with Crippen LogP contribution in [0.15, 0.2) is 0 Å². The normalized spacial score (nSPS) is 43.5. The predicted octanol–water partition coefficient (Wildman–Crippen LogP) is 1.89. The maximum absolute atomic E-state index is 12.9. The van der Waals surface area contributed by atoms with Gasteiger partial charge in [0.25, 0.3) is 0 Å². The zero-order chi connectivity index (χ0) is 16.2. The molecule has 5 fully saturated rings. The zero-order valence-electron chi connectivity index (χ0n) is 14.0. The van der Waals surface area contributed by atoms with Crippen molar-refractivity contribution < 1.29 is 13.2 Å². The fourth-order valence-corrected chi connectivity index (χ4v) is 7.30. The van der Waals surface area contributed by atoms with Gasteiger partial charge >= 0.3 is 0 Å². The van der Waals surface area contributed by atoms with Crippen LogP contribution >= 0.6 is 0 Å². The third kappa shape index (κ3) is 2.93. The van der Waals surface area contributed by atoms with Crippen LogP contribution in [0.5, 0.6) is 0 Å². The maximum atomic E-state index is 12.9. The van der Waals surface area contributed by atoms with Crippen LogP contribution < -0.4 is 5.32 Å². The molecule has 1 saturated heterocycles. The predicted molar refractivity (Wildman–Crippen MR) is 88.2 cm³/mol. The average molecular weight is 340 g/mol. The summed E-state index contributed by atoms with van der Waals surface area (Å²) in [4.78, 5) is 12.9.